The number of para-hydroxylation sites is 2. The van der Waals surface area contributed by atoms with E-state index in [0.29, 0.717) is 29.4 Å². The fourth-order valence-corrected chi connectivity index (χ4v) is 3.93. The molecule has 4 aromatic rings. The minimum atomic E-state index is -0.314. The summed E-state index contributed by atoms with van der Waals surface area (Å²) in [5, 5.41) is 1.46. The Hall–Kier alpha value is -3.24. The minimum Gasteiger partial charge on any atom is -0.422 e. The molecule has 5 heteroatoms. The molecule has 1 aromatic heterocycles. The van der Waals surface area contributed by atoms with Crippen LogP contribution in [0.4, 0.5) is 17.1 Å². The summed E-state index contributed by atoms with van der Waals surface area (Å²) < 4.78 is 5.62. The second kappa shape index (κ2) is 6.73. The Morgan fingerprint density at radius 3 is 2.25 bits per heavy atom. The molecule has 0 fully saturated rings. The van der Waals surface area contributed by atoms with Crippen molar-refractivity contribution in [3.8, 4) is 0 Å². The third kappa shape index (κ3) is 2.83. The van der Waals surface area contributed by atoms with E-state index in [4.69, 9.17) is 16.0 Å². The number of halogens is 1. The van der Waals surface area contributed by atoms with E-state index in [0.717, 1.165) is 22.4 Å². The Morgan fingerprint density at radius 2 is 1.54 bits per heavy atom. The predicted octanol–water partition coefficient (Wildman–Crippen LogP) is 5.56. The van der Waals surface area contributed by atoms with Crippen molar-refractivity contribution >= 4 is 39.6 Å². The molecule has 4 nitrogen and oxygen atoms in total. The number of rotatable bonds is 2. The van der Waals surface area contributed by atoms with Gasteiger partial charge >= 0.3 is 5.63 Å². The molecule has 1 aliphatic rings. The van der Waals surface area contributed by atoms with Gasteiger partial charge in [-0.3, -0.25) is 0 Å². The fourth-order valence-electron chi connectivity index (χ4n) is 3.76. The number of hydrogen-bond acceptors (Lipinski definition) is 4. The van der Waals surface area contributed by atoms with Crippen LogP contribution in [0.15, 0.2) is 88.1 Å². The SMILES string of the molecule is O=c1oc2ccc(Cl)cc2c2c1CN(c1ccccc1)CN2c1ccccc1. The van der Waals surface area contributed by atoms with Crippen LogP contribution in [0.1, 0.15) is 5.56 Å². The van der Waals surface area contributed by atoms with Gasteiger partial charge in [0.25, 0.3) is 0 Å². The van der Waals surface area contributed by atoms with E-state index in [2.05, 4.69) is 9.80 Å². The van der Waals surface area contributed by atoms with Crippen molar-refractivity contribution in [2.75, 3.05) is 16.5 Å². The molecule has 138 valence electrons. The lowest BCUT2D eigenvalue weighted by Gasteiger charge is -2.39. The number of nitrogens with zero attached hydrogens (tertiary/aromatic N) is 2. The quantitative estimate of drug-likeness (QED) is 0.421. The summed E-state index contributed by atoms with van der Waals surface area (Å²) >= 11 is 6.27. The van der Waals surface area contributed by atoms with Crippen molar-refractivity contribution in [3.05, 3.63) is 99.9 Å². The molecular weight excluding hydrogens is 372 g/mol. The Bertz CT molecular complexity index is 1210. The molecule has 1 aliphatic heterocycles. The van der Waals surface area contributed by atoms with Gasteiger partial charge in [0.05, 0.1) is 24.5 Å². The first kappa shape index (κ1) is 16.9. The number of anilines is 3. The van der Waals surface area contributed by atoms with Crippen molar-refractivity contribution in [2.45, 2.75) is 6.54 Å². The molecule has 0 saturated heterocycles. The maximum Gasteiger partial charge on any atom is 0.343 e. The molecule has 0 spiro atoms. The number of benzene rings is 3. The highest BCUT2D eigenvalue weighted by Gasteiger charge is 2.29. The van der Waals surface area contributed by atoms with Crippen molar-refractivity contribution in [3.63, 3.8) is 0 Å². The normalized spacial score (nSPS) is 13.6. The lowest BCUT2D eigenvalue weighted by molar-refractivity contribution is 0.543. The Morgan fingerprint density at radius 1 is 0.857 bits per heavy atom. The maximum atomic E-state index is 12.9. The molecule has 0 amide bonds. The Labute approximate surface area is 167 Å². The van der Waals surface area contributed by atoms with Gasteiger partial charge in [0, 0.05) is 21.8 Å². The van der Waals surface area contributed by atoms with Crippen LogP contribution in [0.2, 0.25) is 5.02 Å². The molecule has 2 heterocycles. The van der Waals surface area contributed by atoms with E-state index in [1.54, 1.807) is 12.1 Å². The van der Waals surface area contributed by atoms with Crippen LogP contribution in [0.3, 0.4) is 0 Å². The zero-order valence-corrected chi connectivity index (χ0v) is 15.8. The van der Waals surface area contributed by atoms with Gasteiger partial charge in [-0.05, 0) is 42.5 Å². The summed E-state index contributed by atoms with van der Waals surface area (Å²) in [5.74, 6) is 0. The zero-order chi connectivity index (χ0) is 19.1. The van der Waals surface area contributed by atoms with Crippen LogP contribution in [-0.4, -0.2) is 6.67 Å². The number of fused-ring (bicyclic) bond motifs is 3. The Balaban J connectivity index is 1.77. The van der Waals surface area contributed by atoms with Crippen LogP contribution in [0.25, 0.3) is 11.0 Å². The van der Waals surface area contributed by atoms with Crippen molar-refractivity contribution in [2.24, 2.45) is 0 Å². The van der Waals surface area contributed by atoms with Gasteiger partial charge in [-0.1, -0.05) is 48.0 Å². The molecule has 28 heavy (non-hydrogen) atoms. The van der Waals surface area contributed by atoms with E-state index in [9.17, 15) is 4.79 Å². The first-order valence-corrected chi connectivity index (χ1v) is 9.46. The monoisotopic (exact) mass is 388 g/mol. The standard InChI is InChI=1S/C23H17ClN2O2/c24-16-11-12-21-19(13-16)22-20(23(27)28-21)14-25(17-7-3-1-4-8-17)15-26(22)18-9-5-2-6-10-18/h1-13H,14-15H2. The van der Waals surface area contributed by atoms with Crippen LogP contribution >= 0.6 is 11.6 Å². The highest BCUT2D eigenvalue weighted by atomic mass is 35.5. The molecule has 3 aromatic carbocycles. The van der Waals surface area contributed by atoms with Gasteiger partial charge in [0.1, 0.15) is 5.58 Å². The lowest BCUT2D eigenvalue weighted by atomic mass is 10.1. The molecule has 5 rings (SSSR count). The van der Waals surface area contributed by atoms with Crippen LogP contribution < -0.4 is 15.4 Å². The summed E-state index contributed by atoms with van der Waals surface area (Å²) in [5.41, 5.74) is 3.80. The van der Waals surface area contributed by atoms with Crippen molar-refractivity contribution < 1.29 is 4.42 Å². The van der Waals surface area contributed by atoms with Gasteiger partial charge in [-0.15, -0.1) is 0 Å². The fraction of sp³-hybridized carbons (Fsp3) is 0.0870. The van der Waals surface area contributed by atoms with E-state index < -0.39 is 0 Å². The largest absolute Gasteiger partial charge is 0.422 e. The van der Waals surface area contributed by atoms with Crippen molar-refractivity contribution in [1.29, 1.82) is 0 Å². The van der Waals surface area contributed by atoms with Gasteiger partial charge in [-0.2, -0.15) is 0 Å². The van der Waals surface area contributed by atoms with E-state index >= 15 is 0 Å². The molecule has 0 atom stereocenters. The molecule has 0 N–H and O–H groups in total. The molecule has 0 saturated carbocycles. The first-order chi connectivity index (χ1) is 13.7. The summed E-state index contributed by atoms with van der Waals surface area (Å²) in [6.07, 6.45) is 0. The molecular formula is C23H17ClN2O2. The summed E-state index contributed by atoms with van der Waals surface area (Å²) in [4.78, 5) is 17.2. The van der Waals surface area contributed by atoms with Gasteiger partial charge in [0.15, 0.2) is 0 Å². The predicted molar refractivity (Wildman–Crippen MR) is 114 cm³/mol. The van der Waals surface area contributed by atoms with E-state index in [1.807, 2.05) is 66.7 Å². The number of hydrogen-bond donors (Lipinski definition) is 0. The van der Waals surface area contributed by atoms with Crippen LogP contribution in [-0.2, 0) is 6.54 Å². The topological polar surface area (TPSA) is 36.7 Å². The van der Waals surface area contributed by atoms with Gasteiger partial charge in [-0.25, -0.2) is 4.79 Å². The third-order valence-corrected chi connectivity index (χ3v) is 5.29. The molecule has 0 aliphatic carbocycles. The highest BCUT2D eigenvalue weighted by Crippen LogP contribution is 2.39. The van der Waals surface area contributed by atoms with Crippen molar-refractivity contribution in [1.82, 2.24) is 0 Å². The third-order valence-electron chi connectivity index (χ3n) is 5.05. The second-order valence-corrected chi connectivity index (χ2v) is 7.23. The highest BCUT2D eigenvalue weighted by molar-refractivity contribution is 6.31. The molecule has 0 unspecified atom stereocenters. The average Bonchev–Trinajstić information content (AvgIpc) is 2.75. The summed E-state index contributed by atoms with van der Waals surface area (Å²) in [6, 6.07) is 25.5. The summed E-state index contributed by atoms with van der Waals surface area (Å²) in [7, 11) is 0. The van der Waals surface area contributed by atoms with E-state index in [1.165, 1.54) is 0 Å². The van der Waals surface area contributed by atoms with Gasteiger partial charge < -0.3 is 14.2 Å². The van der Waals surface area contributed by atoms with Crippen LogP contribution in [0, 0.1) is 0 Å². The molecule has 0 radical (unpaired) electrons. The summed E-state index contributed by atoms with van der Waals surface area (Å²) in [6.45, 7) is 1.10. The maximum absolute atomic E-state index is 12.9. The van der Waals surface area contributed by atoms with E-state index in [-0.39, 0.29) is 5.63 Å². The second-order valence-electron chi connectivity index (χ2n) is 6.80. The van der Waals surface area contributed by atoms with Gasteiger partial charge in [0.2, 0.25) is 0 Å². The Kier molecular flexibility index (Phi) is 4.06. The lowest BCUT2D eigenvalue weighted by Crippen LogP contribution is -2.42. The smallest absolute Gasteiger partial charge is 0.343 e. The average molecular weight is 389 g/mol. The zero-order valence-electron chi connectivity index (χ0n) is 15.0. The first-order valence-electron chi connectivity index (χ1n) is 9.08. The minimum absolute atomic E-state index is 0.314. The molecule has 0 bridgehead atoms. The van der Waals surface area contributed by atoms with Crippen LogP contribution in [0.5, 0.6) is 0 Å².